The van der Waals surface area contributed by atoms with Crippen LogP contribution in [0.5, 0.6) is 0 Å². The van der Waals surface area contributed by atoms with E-state index >= 15 is 0 Å². The highest BCUT2D eigenvalue weighted by molar-refractivity contribution is 6.29. The minimum atomic E-state index is -1.21. The summed E-state index contributed by atoms with van der Waals surface area (Å²) in [5, 5.41) is 0. The van der Waals surface area contributed by atoms with Crippen molar-refractivity contribution in [1.29, 1.82) is 0 Å². The third kappa shape index (κ3) is 4.24. The largest absolute Gasteiger partial charge is 0.438 e. The average molecular weight is 171 g/mol. The van der Waals surface area contributed by atoms with Crippen LogP contribution >= 0.6 is 23.2 Å². The van der Waals surface area contributed by atoms with Crippen LogP contribution in [0.2, 0.25) is 0 Å². The fraction of sp³-hybridized carbons (Fsp3) is 0.500. The van der Waals surface area contributed by atoms with Gasteiger partial charge in [0, 0.05) is 0 Å². The Morgan fingerprint density at radius 2 is 2.33 bits per heavy atom. The van der Waals surface area contributed by atoms with Crippen LogP contribution in [0, 0.1) is 0 Å². The van der Waals surface area contributed by atoms with E-state index in [1.807, 2.05) is 0 Å². The molecule has 52 valence electrons. The average Bonchev–Trinajstić information content (AvgIpc) is 1.87. The number of aldehydes is 1. The van der Waals surface area contributed by atoms with E-state index in [9.17, 15) is 9.59 Å². The zero-order chi connectivity index (χ0) is 7.28. The van der Waals surface area contributed by atoms with Gasteiger partial charge in [-0.3, -0.25) is 9.59 Å². The topological polar surface area (TPSA) is 43.4 Å². The third-order valence-corrected chi connectivity index (χ3v) is 0.870. The molecular formula is C4H4Cl2O3. The smallest absolute Gasteiger partial charge is 0.322 e. The predicted octanol–water partition coefficient (Wildman–Crippen LogP) is 0.532. The standard InChI is InChI=1S/C4H4Cl2O3/c5-1-4(8)9-3(6)2-7/h2-3H,1H2. The van der Waals surface area contributed by atoms with E-state index in [4.69, 9.17) is 23.2 Å². The molecule has 5 heteroatoms. The van der Waals surface area contributed by atoms with E-state index in [0.29, 0.717) is 6.29 Å². The Kier molecular flexibility index (Phi) is 4.44. The Bertz CT molecular complexity index is 114. The second-order valence-electron chi connectivity index (χ2n) is 1.11. The van der Waals surface area contributed by atoms with E-state index in [2.05, 4.69) is 4.74 Å². The summed E-state index contributed by atoms with van der Waals surface area (Å²) in [5.74, 6) is -0.999. The first-order valence-corrected chi connectivity index (χ1v) is 3.02. The second-order valence-corrected chi connectivity index (χ2v) is 1.81. The highest BCUT2D eigenvalue weighted by atomic mass is 35.5. The molecule has 9 heavy (non-hydrogen) atoms. The van der Waals surface area contributed by atoms with Crippen molar-refractivity contribution < 1.29 is 14.3 Å². The maximum Gasteiger partial charge on any atom is 0.322 e. The fourth-order valence-electron chi connectivity index (χ4n) is 0.185. The van der Waals surface area contributed by atoms with E-state index in [1.54, 1.807) is 0 Å². The number of alkyl halides is 2. The Morgan fingerprint density at radius 3 is 2.67 bits per heavy atom. The molecule has 0 amide bonds. The normalized spacial score (nSPS) is 12.2. The summed E-state index contributed by atoms with van der Waals surface area (Å²) in [6.07, 6.45) is 0.298. The van der Waals surface area contributed by atoms with Crippen molar-refractivity contribution in [3.05, 3.63) is 0 Å². The summed E-state index contributed by atoms with van der Waals surface area (Å²) < 4.78 is 4.18. The van der Waals surface area contributed by atoms with Gasteiger partial charge in [0.25, 0.3) is 0 Å². The van der Waals surface area contributed by atoms with Gasteiger partial charge in [-0.05, 0) is 0 Å². The molecule has 0 aromatic carbocycles. The molecule has 0 spiro atoms. The molecule has 0 radical (unpaired) electrons. The maximum atomic E-state index is 10.2. The molecule has 0 aliphatic carbocycles. The monoisotopic (exact) mass is 170 g/mol. The summed E-state index contributed by atoms with van der Waals surface area (Å²) in [7, 11) is 0. The molecular weight excluding hydrogens is 167 g/mol. The van der Waals surface area contributed by atoms with Crippen LogP contribution in [0.3, 0.4) is 0 Å². The Morgan fingerprint density at radius 1 is 1.78 bits per heavy atom. The number of carbonyl (C=O) groups excluding carboxylic acids is 2. The van der Waals surface area contributed by atoms with Crippen molar-refractivity contribution in [2.75, 3.05) is 5.88 Å². The summed E-state index contributed by atoms with van der Waals surface area (Å²) in [6, 6.07) is 0. The first-order valence-electron chi connectivity index (χ1n) is 2.05. The van der Waals surface area contributed by atoms with Gasteiger partial charge in [-0.2, -0.15) is 0 Å². The summed E-state index contributed by atoms with van der Waals surface area (Å²) >= 11 is 10.1. The lowest BCUT2D eigenvalue weighted by atomic mass is 10.7. The van der Waals surface area contributed by atoms with Crippen LogP contribution in [-0.2, 0) is 14.3 Å². The molecule has 0 saturated carbocycles. The van der Waals surface area contributed by atoms with Crippen molar-refractivity contribution in [1.82, 2.24) is 0 Å². The number of rotatable bonds is 3. The van der Waals surface area contributed by atoms with Gasteiger partial charge in [-0.1, -0.05) is 11.6 Å². The van der Waals surface area contributed by atoms with Crippen molar-refractivity contribution >= 4 is 35.5 Å². The molecule has 0 aromatic rings. The third-order valence-electron chi connectivity index (χ3n) is 0.460. The van der Waals surface area contributed by atoms with Crippen LogP contribution < -0.4 is 0 Å². The van der Waals surface area contributed by atoms with E-state index in [-0.39, 0.29) is 5.88 Å². The maximum absolute atomic E-state index is 10.2. The lowest BCUT2D eigenvalue weighted by Crippen LogP contribution is -2.14. The zero-order valence-electron chi connectivity index (χ0n) is 4.34. The SMILES string of the molecule is O=CC(Cl)OC(=O)CCl. The van der Waals surface area contributed by atoms with Gasteiger partial charge in [0.2, 0.25) is 5.56 Å². The van der Waals surface area contributed by atoms with Gasteiger partial charge in [-0.25, -0.2) is 0 Å². The highest BCUT2D eigenvalue weighted by Gasteiger charge is 2.06. The lowest BCUT2D eigenvalue weighted by Gasteiger charge is -2.00. The van der Waals surface area contributed by atoms with Gasteiger partial charge in [0.15, 0.2) is 6.29 Å². The Balaban J connectivity index is 3.46. The minimum absolute atomic E-state index is 0.295. The molecule has 0 aromatic heterocycles. The molecule has 1 unspecified atom stereocenters. The van der Waals surface area contributed by atoms with Gasteiger partial charge < -0.3 is 4.74 Å². The van der Waals surface area contributed by atoms with Gasteiger partial charge in [0.05, 0.1) is 0 Å². The molecule has 0 fully saturated rings. The van der Waals surface area contributed by atoms with E-state index < -0.39 is 11.5 Å². The van der Waals surface area contributed by atoms with Gasteiger partial charge in [0.1, 0.15) is 5.88 Å². The molecule has 0 N–H and O–H groups in total. The van der Waals surface area contributed by atoms with Crippen molar-refractivity contribution in [2.24, 2.45) is 0 Å². The lowest BCUT2D eigenvalue weighted by molar-refractivity contribution is -0.144. The van der Waals surface area contributed by atoms with Gasteiger partial charge in [-0.15, -0.1) is 11.6 Å². The predicted molar refractivity (Wildman–Crippen MR) is 32.5 cm³/mol. The minimum Gasteiger partial charge on any atom is -0.438 e. The van der Waals surface area contributed by atoms with E-state index in [1.165, 1.54) is 0 Å². The number of esters is 1. The number of halogens is 2. The van der Waals surface area contributed by atoms with Crippen molar-refractivity contribution in [3.8, 4) is 0 Å². The quantitative estimate of drug-likeness (QED) is 0.353. The zero-order valence-corrected chi connectivity index (χ0v) is 5.85. The van der Waals surface area contributed by atoms with Crippen LogP contribution in [0.15, 0.2) is 0 Å². The van der Waals surface area contributed by atoms with E-state index in [0.717, 1.165) is 0 Å². The molecule has 0 bridgehead atoms. The molecule has 0 heterocycles. The van der Waals surface area contributed by atoms with Crippen LogP contribution in [0.1, 0.15) is 0 Å². The Hall–Kier alpha value is -0.280. The summed E-state index contributed by atoms with van der Waals surface area (Å²) in [4.78, 5) is 19.9. The molecule has 3 nitrogen and oxygen atoms in total. The highest BCUT2D eigenvalue weighted by Crippen LogP contribution is 1.94. The first-order chi connectivity index (χ1) is 4.20. The van der Waals surface area contributed by atoms with Crippen molar-refractivity contribution in [2.45, 2.75) is 5.56 Å². The van der Waals surface area contributed by atoms with Gasteiger partial charge >= 0.3 is 5.97 Å². The van der Waals surface area contributed by atoms with Crippen LogP contribution in [-0.4, -0.2) is 23.7 Å². The fourth-order valence-corrected chi connectivity index (χ4v) is 0.347. The van der Waals surface area contributed by atoms with Crippen LogP contribution in [0.4, 0.5) is 0 Å². The first kappa shape index (κ1) is 8.72. The number of hydrogen-bond acceptors (Lipinski definition) is 3. The molecule has 0 saturated heterocycles. The van der Waals surface area contributed by atoms with Crippen molar-refractivity contribution in [3.63, 3.8) is 0 Å². The Labute approximate surface area is 61.9 Å². The number of ether oxygens (including phenoxy) is 1. The summed E-state index contributed by atoms with van der Waals surface area (Å²) in [5.41, 5.74) is -1.21. The molecule has 0 aliphatic heterocycles. The van der Waals surface area contributed by atoms with Crippen LogP contribution in [0.25, 0.3) is 0 Å². The molecule has 0 rings (SSSR count). The number of hydrogen-bond donors (Lipinski definition) is 0. The molecule has 0 aliphatic rings. The summed E-state index contributed by atoms with van der Waals surface area (Å²) in [6.45, 7) is 0. The second kappa shape index (κ2) is 4.58. The molecule has 1 atom stereocenters. The number of carbonyl (C=O) groups is 2.